The van der Waals surface area contributed by atoms with E-state index in [9.17, 15) is 5.26 Å². The lowest BCUT2D eigenvalue weighted by Crippen LogP contribution is -2.23. The number of dihydropyridines is 1. The SMILES string of the molecule is C=CC1=C(C)NC(SC)=C(C#N)C1c1ccccc1CCC.CC.CC.CCS.CNc1ccccc1. The van der Waals surface area contributed by atoms with Gasteiger partial charge in [-0.05, 0) is 54.2 Å². The molecule has 0 saturated carbocycles. The molecule has 5 heteroatoms. The number of nitrogens with one attached hydrogen (secondary N) is 2. The molecule has 1 atom stereocenters. The van der Waals surface area contributed by atoms with Gasteiger partial charge in [-0.3, -0.25) is 0 Å². The lowest BCUT2D eigenvalue weighted by atomic mass is 9.80. The van der Waals surface area contributed by atoms with Crippen molar-refractivity contribution in [1.29, 1.82) is 5.26 Å². The van der Waals surface area contributed by atoms with E-state index < -0.39 is 0 Å². The maximum atomic E-state index is 9.73. The summed E-state index contributed by atoms with van der Waals surface area (Å²) in [4.78, 5) is 0. The van der Waals surface area contributed by atoms with Crippen LogP contribution in [0.2, 0.25) is 0 Å². The maximum absolute atomic E-state index is 9.73. The third-order valence-corrected chi connectivity index (χ3v) is 5.80. The van der Waals surface area contributed by atoms with Crippen molar-refractivity contribution in [1.82, 2.24) is 5.32 Å². The van der Waals surface area contributed by atoms with Gasteiger partial charge >= 0.3 is 0 Å². The number of hydrogen-bond acceptors (Lipinski definition) is 5. The number of nitrogens with zero attached hydrogens (tertiary/aromatic N) is 1. The number of anilines is 1. The molecule has 3 nitrogen and oxygen atoms in total. The Bertz CT molecular complexity index is 973. The monoisotopic (exact) mass is 539 g/mol. The van der Waals surface area contributed by atoms with Crippen molar-refractivity contribution in [2.75, 3.05) is 24.4 Å². The van der Waals surface area contributed by atoms with Crippen LogP contribution < -0.4 is 10.6 Å². The molecule has 1 heterocycles. The predicted octanol–water partition coefficient (Wildman–Crippen LogP) is 9.60. The summed E-state index contributed by atoms with van der Waals surface area (Å²) >= 11 is 5.38. The minimum Gasteiger partial charge on any atom is -0.388 e. The van der Waals surface area contributed by atoms with E-state index in [4.69, 9.17) is 0 Å². The minimum atomic E-state index is -0.0195. The highest BCUT2D eigenvalue weighted by Gasteiger charge is 2.30. The molecule has 204 valence electrons. The van der Waals surface area contributed by atoms with Crippen LogP contribution in [0, 0.1) is 11.3 Å². The molecule has 0 fully saturated rings. The average molecular weight is 540 g/mol. The molecule has 0 saturated heterocycles. The second-order valence-corrected chi connectivity index (χ2v) is 8.73. The zero-order valence-corrected chi connectivity index (χ0v) is 26.2. The zero-order valence-electron chi connectivity index (χ0n) is 24.5. The third kappa shape index (κ3) is 12.5. The second-order valence-electron chi connectivity index (χ2n) is 7.28. The molecule has 1 aliphatic rings. The third-order valence-electron chi connectivity index (χ3n) is 5.07. The zero-order chi connectivity index (χ0) is 28.6. The van der Waals surface area contributed by atoms with E-state index in [0.29, 0.717) is 0 Å². The van der Waals surface area contributed by atoms with E-state index in [1.54, 1.807) is 11.8 Å². The van der Waals surface area contributed by atoms with E-state index in [2.05, 4.69) is 74.0 Å². The van der Waals surface area contributed by atoms with Crippen molar-refractivity contribution in [3.05, 3.63) is 100 Å². The molecule has 0 radical (unpaired) electrons. The first kappa shape index (κ1) is 36.6. The molecule has 1 unspecified atom stereocenters. The fourth-order valence-electron chi connectivity index (χ4n) is 3.60. The molecule has 0 amide bonds. The van der Waals surface area contributed by atoms with Crippen molar-refractivity contribution in [3.8, 4) is 6.07 Å². The Morgan fingerprint density at radius 3 is 2.03 bits per heavy atom. The number of rotatable bonds is 6. The molecular formula is C32H49N3S2. The van der Waals surface area contributed by atoms with Crippen molar-refractivity contribution in [3.63, 3.8) is 0 Å². The summed E-state index contributed by atoms with van der Waals surface area (Å²) in [6, 6.07) is 20.9. The Labute approximate surface area is 238 Å². The molecule has 2 aromatic carbocycles. The van der Waals surface area contributed by atoms with E-state index in [1.807, 2.05) is 84.3 Å². The summed E-state index contributed by atoms with van der Waals surface area (Å²) in [5.41, 5.74) is 6.66. The fourth-order valence-corrected chi connectivity index (χ4v) is 4.24. The smallest absolute Gasteiger partial charge is 0.0984 e. The van der Waals surface area contributed by atoms with Crippen LogP contribution in [-0.2, 0) is 6.42 Å². The van der Waals surface area contributed by atoms with Crippen molar-refractivity contribution in [2.45, 2.75) is 67.2 Å². The van der Waals surface area contributed by atoms with Crippen LogP contribution in [0.5, 0.6) is 0 Å². The largest absolute Gasteiger partial charge is 0.388 e. The number of thiol groups is 1. The lowest BCUT2D eigenvalue weighted by Gasteiger charge is -2.30. The van der Waals surface area contributed by atoms with Gasteiger partial charge in [0, 0.05) is 24.4 Å². The first-order valence-electron chi connectivity index (χ1n) is 13.2. The molecular weight excluding hydrogens is 491 g/mol. The summed E-state index contributed by atoms with van der Waals surface area (Å²) < 4.78 is 0. The summed E-state index contributed by atoms with van der Waals surface area (Å²) in [6.07, 6.45) is 6.00. The minimum absolute atomic E-state index is 0.0195. The van der Waals surface area contributed by atoms with Crippen LogP contribution in [0.15, 0.2) is 89.1 Å². The highest BCUT2D eigenvalue weighted by molar-refractivity contribution is 8.02. The van der Waals surface area contributed by atoms with Crippen LogP contribution >= 0.6 is 24.4 Å². The molecule has 2 aromatic rings. The standard InChI is InChI=1S/C19H22N2S.C7H9N.C2H6S.2C2H6/c1-5-9-14-10-7-8-11-16(14)18-15(6-2)13(3)21-19(22-4)17(18)12-20;1-8-7-5-3-2-4-6-7;1-2-3;2*1-2/h6-8,10-11,18,21H,2,5,9H2,1,3-4H3;2-6,8H,1H3;3H,2H2,1H3;2*1-2H3. The van der Waals surface area contributed by atoms with Gasteiger partial charge in [0.15, 0.2) is 0 Å². The van der Waals surface area contributed by atoms with Gasteiger partial charge in [-0.2, -0.15) is 17.9 Å². The first-order valence-corrected chi connectivity index (χ1v) is 15.1. The Kier molecular flexibility index (Phi) is 23.6. The Morgan fingerprint density at radius 1 is 1.05 bits per heavy atom. The summed E-state index contributed by atoms with van der Waals surface area (Å²) in [5.74, 6) is 0.925. The Morgan fingerprint density at radius 2 is 1.59 bits per heavy atom. The van der Waals surface area contributed by atoms with Crippen molar-refractivity contribution >= 4 is 30.1 Å². The number of hydrogen-bond donors (Lipinski definition) is 3. The van der Waals surface area contributed by atoms with Gasteiger partial charge < -0.3 is 10.6 Å². The molecule has 0 aliphatic carbocycles. The van der Waals surface area contributed by atoms with Crippen LogP contribution in [0.25, 0.3) is 0 Å². The van der Waals surface area contributed by atoms with Crippen molar-refractivity contribution in [2.24, 2.45) is 0 Å². The van der Waals surface area contributed by atoms with Crippen LogP contribution in [0.1, 0.15) is 71.9 Å². The van der Waals surface area contributed by atoms with E-state index in [1.165, 1.54) is 11.1 Å². The molecule has 0 spiro atoms. The number of benzene rings is 2. The van der Waals surface area contributed by atoms with Crippen LogP contribution in [-0.4, -0.2) is 19.1 Å². The molecule has 37 heavy (non-hydrogen) atoms. The van der Waals surface area contributed by atoms with E-state index in [-0.39, 0.29) is 5.92 Å². The molecule has 0 aromatic heterocycles. The molecule has 2 N–H and O–H groups in total. The van der Waals surface area contributed by atoms with Gasteiger partial charge in [0.25, 0.3) is 0 Å². The van der Waals surface area contributed by atoms with Gasteiger partial charge in [0.05, 0.1) is 16.7 Å². The highest BCUT2D eigenvalue weighted by Crippen LogP contribution is 2.41. The first-order chi connectivity index (χ1) is 18.0. The number of allylic oxidation sites excluding steroid dienone is 4. The summed E-state index contributed by atoms with van der Waals surface area (Å²) in [5, 5.41) is 17.0. The predicted molar refractivity (Wildman–Crippen MR) is 174 cm³/mol. The maximum Gasteiger partial charge on any atom is 0.0984 e. The molecule has 0 bridgehead atoms. The van der Waals surface area contributed by atoms with Gasteiger partial charge in [-0.1, -0.05) is 103 Å². The number of thioether (sulfide) groups is 1. The number of aryl methyl sites for hydroxylation is 1. The number of para-hydroxylation sites is 1. The number of nitriles is 1. The van der Waals surface area contributed by atoms with Crippen molar-refractivity contribution < 1.29 is 0 Å². The average Bonchev–Trinajstić information content (AvgIpc) is 2.96. The van der Waals surface area contributed by atoms with E-state index >= 15 is 0 Å². The highest BCUT2D eigenvalue weighted by atomic mass is 32.2. The van der Waals surface area contributed by atoms with E-state index in [0.717, 1.165) is 46.2 Å². The second kappa shape index (κ2) is 23.8. The lowest BCUT2D eigenvalue weighted by molar-refractivity contribution is 0.823. The van der Waals surface area contributed by atoms with Gasteiger partial charge in [-0.25, -0.2) is 0 Å². The normalized spacial score (nSPS) is 13.4. The van der Waals surface area contributed by atoms with Gasteiger partial charge in [0.2, 0.25) is 0 Å². The van der Waals surface area contributed by atoms with Crippen LogP contribution in [0.3, 0.4) is 0 Å². The summed E-state index contributed by atoms with van der Waals surface area (Å²) in [7, 11) is 1.91. The fraction of sp³-hybridized carbons (Fsp3) is 0.406. The topological polar surface area (TPSA) is 47.9 Å². The van der Waals surface area contributed by atoms with Gasteiger partial charge in [0.1, 0.15) is 0 Å². The van der Waals surface area contributed by atoms with Crippen LogP contribution in [0.4, 0.5) is 5.69 Å². The quantitative estimate of drug-likeness (QED) is 0.320. The Hall–Kier alpha value is -2.55. The Balaban J connectivity index is 0. The summed E-state index contributed by atoms with van der Waals surface area (Å²) in [6.45, 7) is 18.2. The van der Waals surface area contributed by atoms with Gasteiger partial charge in [-0.15, -0.1) is 11.8 Å². The molecule has 3 rings (SSSR count). The molecule has 1 aliphatic heterocycles.